The maximum absolute atomic E-state index is 12.0. The van der Waals surface area contributed by atoms with E-state index in [-0.39, 0.29) is 24.2 Å². The van der Waals surface area contributed by atoms with E-state index in [1.807, 2.05) is 45.0 Å². The fraction of sp³-hybridized carbons (Fsp3) is 0.588. The Balaban J connectivity index is 0.00000441. The van der Waals surface area contributed by atoms with Crippen LogP contribution in [0.15, 0.2) is 24.3 Å². The molecule has 0 fully saturated rings. The molecule has 0 aliphatic rings. The molecule has 1 rings (SSSR count). The molecule has 22 heavy (non-hydrogen) atoms. The lowest BCUT2D eigenvalue weighted by Gasteiger charge is -2.28. The van der Waals surface area contributed by atoms with Crippen LogP contribution in [-0.4, -0.2) is 19.1 Å². The van der Waals surface area contributed by atoms with Gasteiger partial charge >= 0.3 is 0 Å². The van der Waals surface area contributed by atoms with Crippen LogP contribution in [0.1, 0.15) is 40.2 Å². The first-order valence-electron chi connectivity index (χ1n) is 7.51. The molecule has 0 heterocycles. The highest BCUT2D eigenvalue weighted by Crippen LogP contribution is 2.23. The van der Waals surface area contributed by atoms with Crippen molar-refractivity contribution in [1.82, 2.24) is 5.32 Å². The Bertz CT molecular complexity index is 458. The number of hydrogen-bond acceptors (Lipinski definition) is 3. The lowest BCUT2D eigenvalue weighted by Crippen LogP contribution is -2.44. The lowest BCUT2D eigenvalue weighted by atomic mass is 9.93. The number of nitrogens with two attached hydrogens (primary N) is 1. The minimum Gasteiger partial charge on any atom is -0.493 e. The summed E-state index contributed by atoms with van der Waals surface area (Å²) in [7, 11) is 0. The molecule has 0 spiro atoms. The maximum atomic E-state index is 12.0. The molecule has 0 saturated carbocycles. The highest BCUT2D eigenvalue weighted by molar-refractivity contribution is 5.85. The molecule has 1 amide bonds. The molecular formula is C17H29ClN2O2. The molecule has 1 aromatic rings. The van der Waals surface area contributed by atoms with Gasteiger partial charge in [0.05, 0.1) is 12.1 Å². The van der Waals surface area contributed by atoms with E-state index in [9.17, 15) is 4.79 Å². The van der Waals surface area contributed by atoms with Gasteiger partial charge in [0.2, 0.25) is 5.91 Å². The fourth-order valence-electron chi connectivity index (χ4n) is 1.84. The van der Waals surface area contributed by atoms with Gasteiger partial charge in [0.15, 0.2) is 0 Å². The van der Waals surface area contributed by atoms with Crippen molar-refractivity contribution in [1.29, 1.82) is 0 Å². The predicted molar refractivity (Wildman–Crippen MR) is 93.4 cm³/mol. The van der Waals surface area contributed by atoms with Gasteiger partial charge in [-0.2, -0.15) is 0 Å². The van der Waals surface area contributed by atoms with Gasteiger partial charge in [0, 0.05) is 12.5 Å². The maximum Gasteiger partial charge on any atom is 0.224 e. The Morgan fingerprint density at radius 3 is 2.23 bits per heavy atom. The Labute approximate surface area is 140 Å². The number of amides is 1. The number of carbonyl (C=O) groups excluding carboxylic acids is 1. The van der Waals surface area contributed by atoms with Crippen LogP contribution in [0, 0.1) is 11.8 Å². The second-order valence-electron chi connectivity index (χ2n) is 6.48. The van der Waals surface area contributed by atoms with E-state index < -0.39 is 5.54 Å². The topological polar surface area (TPSA) is 64.3 Å². The molecule has 4 nitrogen and oxygen atoms in total. The number of hydrogen-bond donors (Lipinski definition) is 2. The highest BCUT2D eigenvalue weighted by atomic mass is 35.5. The number of carbonyl (C=O) groups is 1. The number of benzene rings is 1. The van der Waals surface area contributed by atoms with Crippen LogP contribution in [0.2, 0.25) is 0 Å². The van der Waals surface area contributed by atoms with Gasteiger partial charge in [0.25, 0.3) is 0 Å². The molecule has 0 aliphatic heterocycles. The summed E-state index contributed by atoms with van der Waals surface area (Å²) < 4.78 is 5.67. The molecule has 1 atom stereocenters. The van der Waals surface area contributed by atoms with E-state index in [2.05, 4.69) is 19.2 Å². The second-order valence-corrected chi connectivity index (χ2v) is 6.48. The second kappa shape index (κ2) is 9.01. The zero-order chi connectivity index (χ0) is 16.0. The van der Waals surface area contributed by atoms with E-state index in [0.29, 0.717) is 19.1 Å². The zero-order valence-electron chi connectivity index (χ0n) is 14.2. The fourth-order valence-corrected chi connectivity index (χ4v) is 1.84. The van der Waals surface area contributed by atoms with Crippen LogP contribution < -0.4 is 15.8 Å². The van der Waals surface area contributed by atoms with Gasteiger partial charge in [0.1, 0.15) is 5.75 Å². The first kappa shape index (κ1) is 20.7. The summed E-state index contributed by atoms with van der Waals surface area (Å²) >= 11 is 0. The van der Waals surface area contributed by atoms with Crippen molar-refractivity contribution in [3.63, 3.8) is 0 Å². The van der Waals surface area contributed by atoms with Crippen LogP contribution in [0.5, 0.6) is 5.75 Å². The molecular weight excluding hydrogens is 300 g/mol. The Hall–Kier alpha value is -1.26. The Kier molecular flexibility index (Phi) is 8.49. The van der Waals surface area contributed by atoms with Crippen molar-refractivity contribution in [2.75, 3.05) is 13.2 Å². The van der Waals surface area contributed by atoms with Crippen LogP contribution >= 0.6 is 12.4 Å². The molecule has 1 aromatic carbocycles. The highest BCUT2D eigenvalue weighted by Gasteiger charge is 2.24. The third-order valence-electron chi connectivity index (χ3n) is 3.40. The quantitative estimate of drug-likeness (QED) is 0.808. The summed E-state index contributed by atoms with van der Waals surface area (Å²) in [6.07, 6.45) is 0. The van der Waals surface area contributed by atoms with Crippen molar-refractivity contribution < 1.29 is 9.53 Å². The van der Waals surface area contributed by atoms with Crippen LogP contribution in [0.25, 0.3) is 0 Å². The molecule has 1 unspecified atom stereocenters. The zero-order valence-corrected chi connectivity index (χ0v) is 15.0. The normalized spacial score (nSPS) is 12.5. The number of nitrogens with one attached hydrogen (secondary N) is 1. The molecule has 0 aliphatic carbocycles. The van der Waals surface area contributed by atoms with Crippen molar-refractivity contribution >= 4 is 18.3 Å². The number of rotatable bonds is 7. The smallest absolute Gasteiger partial charge is 0.224 e. The minimum atomic E-state index is -0.433. The first-order valence-corrected chi connectivity index (χ1v) is 7.51. The van der Waals surface area contributed by atoms with Crippen molar-refractivity contribution in [2.24, 2.45) is 17.6 Å². The van der Waals surface area contributed by atoms with Crippen LogP contribution in [0.3, 0.4) is 0 Å². The van der Waals surface area contributed by atoms with Crippen molar-refractivity contribution in [2.45, 2.75) is 40.2 Å². The van der Waals surface area contributed by atoms with Crippen molar-refractivity contribution in [3.8, 4) is 5.75 Å². The average Bonchev–Trinajstić information content (AvgIpc) is 2.44. The first-order chi connectivity index (χ1) is 9.76. The molecule has 0 saturated heterocycles. The summed E-state index contributed by atoms with van der Waals surface area (Å²) in [5.41, 5.74) is 6.14. The van der Waals surface area contributed by atoms with E-state index in [0.717, 1.165) is 11.3 Å². The Morgan fingerprint density at radius 2 is 1.77 bits per heavy atom. The molecule has 0 aromatic heterocycles. The Morgan fingerprint density at radius 1 is 1.23 bits per heavy atom. The average molecular weight is 329 g/mol. The van der Waals surface area contributed by atoms with Gasteiger partial charge in [-0.25, -0.2) is 0 Å². The molecule has 3 N–H and O–H groups in total. The summed E-state index contributed by atoms with van der Waals surface area (Å²) in [5, 5.41) is 3.03. The van der Waals surface area contributed by atoms with Gasteiger partial charge in [-0.05, 0) is 37.5 Å². The largest absolute Gasteiger partial charge is 0.493 e. The molecule has 0 radical (unpaired) electrons. The number of ether oxygens (including phenoxy) is 1. The van der Waals surface area contributed by atoms with Gasteiger partial charge < -0.3 is 15.8 Å². The third-order valence-corrected chi connectivity index (χ3v) is 3.40. The summed E-state index contributed by atoms with van der Waals surface area (Å²) in [6.45, 7) is 11.1. The molecule has 0 bridgehead atoms. The standard InChI is InChI=1S/C17H28N2O2.ClH/c1-12(2)11-21-15-8-6-14(7-9-15)17(4,5)19-16(20)13(3)10-18;/h6-9,12-13H,10-11,18H2,1-5H3,(H,19,20);1H. The van der Waals surface area contributed by atoms with E-state index in [1.165, 1.54) is 0 Å². The minimum absolute atomic E-state index is 0. The summed E-state index contributed by atoms with van der Waals surface area (Å²) in [6, 6.07) is 7.86. The van der Waals surface area contributed by atoms with E-state index in [1.54, 1.807) is 0 Å². The van der Waals surface area contributed by atoms with Gasteiger partial charge in [-0.1, -0.05) is 32.9 Å². The predicted octanol–water partition coefficient (Wildman–Crippen LogP) is 3.09. The van der Waals surface area contributed by atoms with Crippen molar-refractivity contribution in [3.05, 3.63) is 29.8 Å². The molecule has 5 heteroatoms. The SMILES string of the molecule is CC(C)COc1ccc(C(C)(C)NC(=O)C(C)CN)cc1.Cl. The summed E-state index contributed by atoms with van der Waals surface area (Å²) in [4.78, 5) is 12.0. The monoisotopic (exact) mass is 328 g/mol. The molecule has 126 valence electrons. The summed E-state index contributed by atoms with van der Waals surface area (Å²) in [5.74, 6) is 1.14. The van der Waals surface area contributed by atoms with Gasteiger partial charge in [-0.15, -0.1) is 12.4 Å². The van der Waals surface area contributed by atoms with E-state index >= 15 is 0 Å². The van der Waals surface area contributed by atoms with Crippen LogP contribution in [-0.2, 0) is 10.3 Å². The lowest BCUT2D eigenvalue weighted by molar-refractivity contribution is -0.125. The van der Waals surface area contributed by atoms with Gasteiger partial charge in [-0.3, -0.25) is 4.79 Å². The van der Waals surface area contributed by atoms with Crippen LogP contribution in [0.4, 0.5) is 0 Å². The third kappa shape index (κ3) is 6.24. The number of halogens is 1. The van der Waals surface area contributed by atoms with E-state index in [4.69, 9.17) is 10.5 Å².